The summed E-state index contributed by atoms with van der Waals surface area (Å²) in [6, 6.07) is 3.47. The molecule has 16 heavy (non-hydrogen) atoms. The number of amides is 1. The number of nitrogens with one attached hydrogen (secondary N) is 1. The number of alkyl halides is 1. The Morgan fingerprint density at radius 2 is 2.38 bits per heavy atom. The molecule has 0 spiro atoms. The number of carbonyl (C=O) groups is 1. The Balaban J connectivity index is 2.38. The molecule has 3 nitrogen and oxygen atoms in total. The van der Waals surface area contributed by atoms with Gasteiger partial charge in [0.1, 0.15) is 5.69 Å². The number of rotatable bonds is 5. The van der Waals surface area contributed by atoms with Crippen LogP contribution in [-0.2, 0) is 0 Å². The number of pyridine rings is 1. The zero-order valence-corrected chi connectivity index (χ0v) is 11.4. The molecule has 1 aromatic rings. The number of aromatic nitrogens is 1. The lowest BCUT2D eigenvalue weighted by Gasteiger charge is -2.07. The van der Waals surface area contributed by atoms with Crippen LogP contribution in [-0.4, -0.2) is 22.8 Å². The minimum absolute atomic E-state index is 0.123. The van der Waals surface area contributed by atoms with Crippen molar-refractivity contribution in [3.05, 3.63) is 28.5 Å². The van der Waals surface area contributed by atoms with E-state index in [9.17, 15) is 4.79 Å². The fourth-order valence-electron chi connectivity index (χ4n) is 1.15. The molecule has 5 heteroatoms. The third-order valence-electron chi connectivity index (χ3n) is 2.15. The zero-order chi connectivity index (χ0) is 12.0. The Morgan fingerprint density at radius 1 is 1.62 bits per heavy atom. The van der Waals surface area contributed by atoms with Crippen LogP contribution in [0.2, 0.25) is 0 Å². The average molecular weight is 306 g/mol. The van der Waals surface area contributed by atoms with E-state index < -0.39 is 0 Å². The van der Waals surface area contributed by atoms with Gasteiger partial charge in [0.2, 0.25) is 0 Å². The number of nitrogens with zero attached hydrogens (tertiary/aromatic N) is 1. The van der Waals surface area contributed by atoms with Crippen LogP contribution < -0.4 is 5.32 Å². The number of carbonyl (C=O) groups excluding carboxylic acids is 1. The molecule has 0 bridgehead atoms. The fourth-order valence-corrected chi connectivity index (χ4v) is 1.49. The van der Waals surface area contributed by atoms with Crippen molar-refractivity contribution >= 4 is 33.4 Å². The summed E-state index contributed by atoms with van der Waals surface area (Å²) in [6.45, 7) is 2.61. The van der Waals surface area contributed by atoms with Crippen LogP contribution in [0.15, 0.2) is 22.8 Å². The van der Waals surface area contributed by atoms with Gasteiger partial charge in [-0.25, -0.2) is 4.98 Å². The maximum Gasteiger partial charge on any atom is 0.269 e. The van der Waals surface area contributed by atoms with Gasteiger partial charge < -0.3 is 5.32 Å². The molecule has 0 fully saturated rings. The minimum Gasteiger partial charge on any atom is -0.351 e. The molecule has 1 amide bonds. The second kappa shape index (κ2) is 6.86. The van der Waals surface area contributed by atoms with Gasteiger partial charge in [-0.05, 0) is 40.9 Å². The quantitative estimate of drug-likeness (QED) is 0.850. The monoisotopic (exact) mass is 304 g/mol. The normalized spacial score (nSPS) is 12.2. The van der Waals surface area contributed by atoms with E-state index in [2.05, 4.69) is 26.2 Å². The van der Waals surface area contributed by atoms with Crippen molar-refractivity contribution in [2.24, 2.45) is 0 Å². The minimum atomic E-state index is -0.160. The van der Waals surface area contributed by atoms with Crippen LogP contribution in [0.3, 0.4) is 0 Å². The molecule has 0 aliphatic carbocycles. The van der Waals surface area contributed by atoms with Gasteiger partial charge in [-0.3, -0.25) is 4.79 Å². The molecule has 1 unspecified atom stereocenters. The highest BCUT2D eigenvalue weighted by Crippen LogP contribution is 2.08. The maximum atomic E-state index is 11.6. The Labute approximate surface area is 109 Å². The third-order valence-corrected chi connectivity index (χ3v) is 3.14. The van der Waals surface area contributed by atoms with Crippen molar-refractivity contribution in [3.63, 3.8) is 0 Å². The van der Waals surface area contributed by atoms with Gasteiger partial charge in [-0.15, -0.1) is 11.6 Å². The lowest BCUT2D eigenvalue weighted by Crippen LogP contribution is -2.26. The van der Waals surface area contributed by atoms with Gasteiger partial charge in [0.15, 0.2) is 0 Å². The predicted octanol–water partition coefficient (Wildman–Crippen LogP) is 2.98. The van der Waals surface area contributed by atoms with Crippen molar-refractivity contribution in [1.29, 1.82) is 0 Å². The lowest BCUT2D eigenvalue weighted by atomic mass is 10.2. The van der Waals surface area contributed by atoms with Crippen molar-refractivity contribution in [1.82, 2.24) is 10.3 Å². The summed E-state index contributed by atoms with van der Waals surface area (Å²) in [5, 5.41) is 2.91. The molecule has 1 atom stereocenters. The maximum absolute atomic E-state index is 11.6. The van der Waals surface area contributed by atoms with E-state index in [0.717, 1.165) is 17.3 Å². The van der Waals surface area contributed by atoms with Gasteiger partial charge in [-0.1, -0.05) is 6.92 Å². The van der Waals surface area contributed by atoms with E-state index in [1.165, 1.54) is 0 Å². The summed E-state index contributed by atoms with van der Waals surface area (Å²) in [5.41, 5.74) is 0.422. The predicted molar refractivity (Wildman–Crippen MR) is 68.8 cm³/mol. The molecule has 1 aromatic heterocycles. The highest BCUT2D eigenvalue weighted by Gasteiger charge is 2.07. The highest BCUT2D eigenvalue weighted by atomic mass is 79.9. The van der Waals surface area contributed by atoms with E-state index in [1.54, 1.807) is 18.3 Å². The molecule has 0 saturated heterocycles. The third kappa shape index (κ3) is 4.49. The standard InChI is InChI=1S/C11H14BrClN2O/c1-2-9(13)5-6-14-11(16)10-4-3-8(12)7-15-10/h3-4,7,9H,2,5-6H2,1H3,(H,14,16). The van der Waals surface area contributed by atoms with E-state index in [1.807, 2.05) is 6.92 Å². The summed E-state index contributed by atoms with van der Waals surface area (Å²) in [5.74, 6) is -0.160. The van der Waals surface area contributed by atoms with Crippen LogP contribution in [0.4, 0.5) is 0 Å². The molecular weight excluding hydrogens is 291 g/mol. The topological polar surface area (TPSA) is 42.0 Å². The second-order valence-corrected chi connectivity index (χ2v) is 4.94. The van der Waals surface area contributed by atoms with Crippen molar-refractivity contribution in [2.45, 2.75) is 25.1 Å². The first kappa shape index (κ1) is 13.5. The summed E-state index contributed by atoms with van der Waals surface area (Å²) < 4.78 is 0.857. The molecule has 1 rings (SSSR count). The van der Waals surface area contributed by atoms with Crippen LogP contribution in [0.1, 0.15) is 30.3 Å². The fraction of sp³-hybridized carbons (Fsp3) is 0.455. The summed E-state index contributed by atoms with van der Waals surface area (Å²) >= 11 is 9.21. The second-order valence-electron chi connectivity index (χ2n) is 3.41. The molecule has 1 N–H and O–H groups in total. The van der Waals surface area contributed by atoms with Gasteiger partial charge in [0.25, 0.3) is 5.91 Å². The molecule has 0 saturated carbocycles. The van der Waals surface area contributed by atoms with Crippen molar-refractivity contribution in [2.75, 3.05) is 6.54 Å². The number of hydrogen-bond donors (Lipinski definition) is 1. The van der Waals surface area contributed by atoms with Crippen LogP contribution in [0.25, 0.3) is 0 Å². The van der Waals surface area contributed by atoms with Crippen molar-refractivity contribution < 1.29 is 4.79 Å². The van der Waals surface area contributed by atoms with Gasteiger partial charge >= 0.3 is 0 Å². The first-order valence-electron chi connectivity index (χ1n) is 5.17. The van der Waals surface area contributed by atoms with Gasteiger partial charge in [0, 0.05) is 22.6 Å². The van der Waals surface area contributed by atoms with E-state index in [4.69, 9.17) is 11.6 Å². The number of hydrogen-bond acceptors (Lipinski definition) is 2. The summed E-state index contributed by atoms with van der Waals surface area (Å²) in [6.07, 6.45) is 3.29. The average Bonchev–Trinajstić information content (AvgIpc) is 2.29. The van der Waals surface area contributed by atoms with Crippen molar-refractivity contribution in [3.8, 4) is 0 Å². The molecule has 0 radical (unpaired) electrons. The Kier molecular flexibility index (Phi) is 5.77. The molecular formula is C11H14BrClN2O. The Morgan fingerprint density at radius 3 is 2.94 bits per heavy atom. The SMILES string of the molecule is CCC(Cl)CCNC(=O)c1ccc(Br)cn1. The molecule has 1 heterocycles. The Bertz CT molecular complexity index is 342. The van der Waals surface area contributed by atoms with Gasteiger partial charge in [0.05, 0.1) is 0 Å². The Hall–Kier alpha value is -0.610. The van der Waals surface area contributed by atoms with Crippen LogP contribution in [0, 0.1) is 0 Å². The van der Waals surface area contributed by atoms with E-state index in [0.29, 0.717) is 12.2 Å². The number of halogens is 2. The van der Waals surface area contributed by atoms with E-state index >= 15 is 0 Å². The molecule has 0 aromatic carbocycles. The lowest BCUT2D eigenvalue weighted by molar-refractivity contribution is 0.0948. The zero-order valence-electron chi connectivity index (χ0n) is 9.04. The van der Waals surface area contributed by atoms with Crippen LogP contribution in [0.5, 0.6) is 0 Å². The first-order chi connectivity index (χ1) is 7.63. The molecule has 0 aliphatic rings. The van der Waals surface area contributed by atoms with Crippen LogP contribution >= 0.6 is 27.5 Å². The molecule has 0 aliphatic heterocycles. The van der Waals surface area contributed by atoms with E-state index in [-0.39, 0.29) is 11.3 Å². The highest BCUT2D eigenvalue weighted by molar-refractivity contribution is 9.10. The smallest absolute Gasteiger partial charge is 0.269 e. The first-order valence-corrected chi connectivity index (χ1v) is 6.40. The van der Waals surface area contributed by atoms with Gasteiger partial charge in [-0.2, -0.15) is 0 Å². The summed E-state index contributed by atoms with van der Waals surface area (Å²) in [4.78, 5) is 15.6. The largest absolute Gasteiger partial charge is 0.351 e. The molecule has 88 valence electrons. The summed E-state index contributed by atoms with van der Waals surface area (Å²) in [7, 11) is 0.